The quantitative estimate of drug-likeness (QED) is 0.374. The van der Waals surface area contributed by atoms with Crippen LogP contribution in [0.3, 0.4) is 0 Å². The lowest BCUT2D eigenvalue weighted by molar-refractivity contribution is -0.142. The molecule has 1 amide bonds. The number of rotatable bonds is 3. The van der Waals surface area contributed by atoms with Gasteiger partial charge in [-0.15, -0.1) is 0 Å². The summed E-state index contributed by atoms with van der Waals surface area (Å²) < 4.78 is 41.9. The van der Waals surface area contributed by atoms with Crippen molar-refractivity contribution in [3.05, 3.63) is 76.0 Å². The molecule has 0 aliphatic rings. The number of anilines is 1. The number of phenols is 1. The largest absolute Gasteiger partial charge is 0.506 e. The van der Waals surface area contributed by atoms with E-state index in [1.165, 1.54) is 12.1 Å². The van der Waals surface area contributed by atoms with E-state index < -0.39 is 17.8 Å². The van der Waals surface area contributed by atoms with Crippen LogP contribution in [0.2, 0.25) is 0 Å². The summed E-state index contributed by atoms with van der Waals surface area (Å²) in [5.41, 5.74) is -0.0758. The molecular formula is C21H14BrF3N4O2. The number of aryl methyl sites for hydroxylation is 1. The number of carbonyl (C=O) groups is 1. The van der Waals surface area contributed by atoms with Gasteiger partial charge in [-0.1, -0.05) is 36.4 Å². The Labute approximate surface area is 182 Å². The van der Waals surface area contributed by atoms with Crippen LogP contribution in [0.4, 0.5) is 18.9 Å². The second-order valence-electron chi connectivity index (χ2n) is 6.76. The second kappa shape index (κ2) is 7.69. The fourth-order valence-corrected chi connectivity index (χ4v) is 3.54. The van der Waals surface area contributed by atoms with Crippen molar-refractivity contribution >= 4 is 33.2 Å². The van der Waals surface area contributed by atoms with Gasteiger partial charge in [0.25, 0.3) is 5.91 Å². The number of alkyl halides is 3. The first kappa shape index (κ1) is 20.9. The van der Waals surface area contributed by atoms with Crippen LogP contribution < -0.4 is 5.32 Å². The highest BCUT2D eigenvalue weighted by Gasteiger charge is 2.36. The fraction of sp³-hybridized carbons (Fsp3) is 0.0952. The summed E-state index contributed by atoms with van der Waals surface area (Å²) >= 11 is 3.17. The van der Waals surface area contributed by atoms with Crippen LogP contribution in [0, 0.1) is 6.92 Å². The van der Waals surface area contributed by atoms with Gasteiger partial charge in [0.1, 0.15) is 5.75 Å². The van der Waals surface area contributed by atoms with E-state index in [0.717, 1.165) is 11.6 Å². The molecule has 0 radical (unpaired) electrons. The number of amides is 1. The third-order valence-corrected chi connectivity index (χ3v) is 5.24. The van der Waals surface area contributed by atoms with E-state index in [9.17, 15) is 23.1 Å². The lowest BCUT2D eigenvalue weighted by Gasteiger charge is -2.11. The molecule has 6 nitrogen and oxygen atoms in total. The third kappa shape index (κ3) is 3.98. The van der Waals surface area contributed by atoms with E-state index in [1.807, 2.05) is 0 Å². The third-order valence-electron chi connectivity index (χ3n) is 4.51. The summed E-state index contributed by atoms with van der Waals surface area (Å²) in [6.07, 6.45) is -4.74. The zero-order valence-electron chi connectivity index (χ0n) is 15.9. The van der Waals surface area contributed by atoms with E-state index >= 15 is 0 Å². The number of hydrogen-bond donors (Lipinski definition) is 2. The maximum atomic E-state index is 13.8. The highest BCUT2D eigenvalue weighted by atomic mass is 79.9. The lowest BCUT2D eigenvalue weighted by atomic mass is 10.1. The Kier molecular flexibility index (Phi) is 5.18. The van der Waals surface area contributed by atoms with Gasteiger partial charge < -0.3 is 10.4 Å². The van der Waals surface area contributed by atoms with Crippen molar-refractivity contribution in [2.45, 2.75) is 13.1 Å². The molecule has 0 fully saturated rings. The topological polar surface area (TPSA) is 79.5 Å². The molecule has 0 saturated heterocycles. The van der Waals surface area contributed by atoms with Gasteiger partial charge in [-0.3, -0.25) is 4.79 Å². The predicted molar refractivity (Wildman–Crippen MR) is 112 cm³/mol. The molecule has 2 heterocycles. The predicted octanol–water partition coefficient (Wildman–Crippen LogP) is 5.44. The van der Waals surface area contributed by atoms with Crippen LogP contribution >= 0.6 is 15.9 Å². The molecule has 0 bridgehead atoms. The van der Waals surface area contributed by atoms with Gasteiger partial charge in [-0.2, -0.15) is 18.3 Å². The molecule has 0 spiro atoms. The molecule has 2 aromatic heterocycles. The molecule has 4 aromatic rings. The van der Waals surface area contributed by atoms with Gasteiger partial charge in [0.15, 0.2) is 17.0 Å². The molecule has 0 saturated carbocycles. The number of aromatic hydroxyl groups is 1. The van der Waals surface area contributed by atoms with Crippen molar-refractivity contribution in [2.75, 3.05) is 5.32 Å². The molecule has 0 aliphatic carbocycles. The summed E-state index contributed by atoms with van der Waals surface area (Å²) in [7, 11) is 0. The first-order chi connectivity index (χ1) is 14.6. The number of benzene rings is 2. The Morgan fingerprint density at radius 3 is 2.52 bits per heavy atom. The van der Waals surface area contributed by atoms with Crippen molar-refractivity contribution in [1.82, 2.24) is 14.6 Å². The molecule has 2 aromatic carbocycles. The summed E-state index contributed by atoms with van der Waals surface area (Å²) in [5.74, 6) is -0.980. The standard InChI is InChI=1S/C21H14BrF3N4O2/c1-11-7-8-15(30)14(9-11)27-20(31)18-17(22)19-26-13(12-5-3-2-4-6-12)10-16(21(23,24)25)29(19)28-18/h2-10,30H,1H3,(H,27,31). The van der Waals surface area contributed by atoms with Crippen LogP contribution in [0.25, 0.3) is 16.9 Å². The molecule has 4 rings (SSSR count). The van der Waals surface area contributed by atoms with Gasteiger partial charge in [0.2, 0.25) is 0 Å². The Morgan fingerprint density at radius 1 is 1.13 bits per heavy atom. The summed E-state index contributed by atoms with van der Waals surface area (Å²) in [6, 6.07) is 13.9. The van der Waals surface area contributed by atoms with Crippen molar-refractivity contribution < 1.29 is 23.1 Å². The molecule has 2 N–H and O–H groups in total. The Bertz CT molecular complexity index is 1300. The molecular weight excluding hydrogens is 477 g/mol. The van der Waals surface area contributed by atoms with Crippen molar-refractivity contribution in [1.29, 1.82) is 0 Å². The lowest BCUT2D eigenvalue weighted by Crippen LogP contribution is -2.16. The first-order valence-electron chi connectivity index (χ1n) is 8.98. The van der Waals surface area contributed by atoms with E-state index in [1.54, 1.807) is 43.3 Å². The fourth-order valence-electron chi connectivity index (χ4n) is 3.03. The minimum atomic E-state index is -4.74. The Hall–Kier alpha value is -3.40. The average Bonchev–Trinajstić information content (AvgIpc) is 3.06. The summed E-state index contributed by atoms with van der Waals surface area (Å²) in [5, 5.41) is 16.3. The van der Waals surface area contributed by atoms with Crippen molar-refractivity contribution in [3.8, 4) is 17.0 Å². The number of carbonyl (C=O) groups excluding carboxylic acids is 1. The monoisotopic (exact) mass is 490 g/mol. The molecule has 0 atom stereocenters. The van der Waals surface area contributed by atoms with Crippen LogP contribution in [0.5, 0.6) is 5.75 Å². The van der Waals surface area contributed by atoms with Gasteiger partial charge in [-0.25, -0.2) is 9.50 Å². The zero-order chi connectivity index (χ0) is 22.3. The SMILES string of the molecule is Cc1ccc(O)c(NC(=O)c2nn3c(C(F)(F)F)cc(-c4ccccc4)nc3c2Br)c1. The Balaban J connectivity index is 1.85. The number of hydrogen-bond acceptors (Lipinski definition) is 4. The van der Waals surface area contributed by atoms with Gasteiger partial charge in [0, 0.05) is 5.56 Å². The van der Waals surface area contributed by atoms with E-state index in [4.69, 9.17) is 0 Å². The molecule has 158 valence electrons. The highest BCUT2D eigenvalue weighted by Crippen LogP contribution is 2.35. The van der Waals surface area contributed by atoms with Crippen molar-refractivity contribution in [2.24, 2.45) is 0 Å². The van der Waals surface area contributed by atoms with E-state index in [-0.39, 0.29) is 32.9 Å². The van der Waals surface area contributed by atoms with Crippen LogP contribution in [-0.4, -0.2) is 25.6 Å². The number of halogens is 4. The molecule has 31 heavy (non-hydrogen) atoms. The van der Waals surface area contributed by atoms with Gasteiger partial charge >= 0.3 is 6.18 Å². The van der Waals surface area contributed by atoms with Crippen LogP contribution in [-0.2, 0) is 6.18 Å². The van der Waals surface area contributed by atoms with Gasteiger partial charge in [-0.05, 0) is 46.6 Å². The second-order valence-corrected chi connectivity index (χ2v) is 7.56. The number of nitrogens with zero attached hydrogens (tertiary/aromatic N) is 3. The highest BCUT2D eigenvalue weighted by molar-refractivity contribution is 9.10. The maximum absolute atomic E-state index is 13.8. The number of fused-ring (bicyclic) bond motifs is 1. The van der Waals surface area contributed by atoms with E-state index in [0.29, 0.717) is 10.1 Å². The minimum Gasteiger partial charge on any atom is -0.506 e. The number of aromatic nitrogens is 3. The number of phenolic OH excluding ortho intramolecular Hbond substituents is 1. The Morgan fingerprint density at radius 2 is 1.84 bits per heavy atom. The minimum absolute atomic E-state index is 0.000393. The van der Waals surface area contributed by atoms with Crippen LogP contribution in [0.15, 0.2) is 59.1 Å². The summed E-state index contributed by atoms with van der Waals surface area (Å²) in [6.45, 7) is 1.76. The van der Waals surface area contributed by atoms with Crippen molar-refractivity contribution in [3.63, 3.8) is 0 Å². The molecule has 10 heteroatoms. The number of nitrogens with one attached hydrogen (secondary N) is 1. The molecule has 0 unspecified atom stereocenters. The van der Waals surface area contributed by atoms with Gasteiger partial charge in [0.05, 0.1) is 15.9 Å². The maximum Gasteiger partial charge on any atom is 0.433 e. The van der Waals surface area contributed by atoms with E-state index in [2.05, 4.69) is 31.3 Å². The van der Waals surface area contributed by atoms with Crippen LogP contribution in [0.1, 0.15) is 21.7 Å². The summed E-state index contributed by atoms with van der Waals surface area (Å²) in [4.78, 5) is 17.0. The first-order valence-corrected chi connectivity index (χ1v) is 9.77. The normalized spacial score (nSPS) is 11.6. The average molecular weight is 491 g/mol. The molecule has 0 aliphatic heterocycles. The zero-order valence-corrected chi connectivity index (χ0v) is 17.5. The smallest absolute Gasteiger partial charge is 0.433 e.